The lowest BCUT2D eigenvalue weighted by Crippen LogP contribution is -2.18. The van der Waals surface area contributed by atoms with Crippen LogP contribution in [0, 0.1) is 11.3 Å². The van der Waals surface area contributed by atoms with Gasteiger partial charge in [0.25, 0.3) is 0 Å². The number of likely N-dealkylation sites (N-methyl/N-ethyl adjacent to an activating group) is 1. The van der Waals surface area contributed by atoms with Crippen LogP contribution in [0.2, 0.25) is 0 Å². The summed E-state index contributed by atoms with van der Waals surface area (Å²) in [6.07, 6.45) is 0. The molecule has 1 unspecified atom stereocenters. The molecule has 0 spiro atoms. The molecule has 3 heteroatoms. The van der Waals surface area contributed by atoms with Crippen LogP contribution >= 0.6 is 11.3 Å². The fraction of sp³-hybridized carbons (Fsp3) is 0.444. The zero-order valence-electron chi connectivity index (χ0n) is 7.32. The highest BCUT2D eigenvalue weighted by Crippen LogP contribution is 2.20. The summed E-state index contributed by atoms with van der Waals surface area (Å²) >= 11 is 1.65. The maximum Gasteiger partial charge on any atom is 0.0932 e. The van der Waals surface area contributed by atoms with E-state index >= 15 is 0 Å². The van der Waals surface area contributed by atoms with Gasteiger partial charge >= 0.3 is 0 Å². The van der Waals surface area contributed by atoms with Crippen LogP contribution in [0.25, 0.3) is 0 Å². The summed E-state index contributed by atoms with van der Waals surface area (Å²) in [4.78, 5) is 3.19. The van der Waals surface area contributed by atoms with Crippen molar-refractivity contribution in [2.75, 3.05) is 20.6 Å². The minimum absolute atomic E-state index is 0.0278. The quantitative estimate of drug-likeness (QED) is 0.710. The van der Waals surface area contributed by atoms with Crippen LogP contribution < -0.4 is 0 Å². The zero-order chi connectivity index (χ0) is 8.97. The molecular weight excluding hydrogens is 168 g/mol. The van der Waals surface area contributed by atoms with Crippen molar-refractivity contribution in [2.45, 2.75) is 5.92 Å². The molecule has 2 nitrogen and oxygen atoms in total. The van der Waals surface area contributed by atoms with Gasteiger partial charge in [-0.25, -0.2) is 0 Å². The molecule has 0 amide bonds. The number of hydrogen-bond donors (Lipinski definition) is 0. The SMILES string of the molecule is CN(C)CC(C#N)c1cccs1. The van der Waals surface area contributed by atoms with E-state index in [-0.39, 0.29) is 5.92 Å². The first-order valence-electron chi connectivity index (χ1n) is 3.82. The van der Waals surface area contributed by atoms with Crippen molar-refractivity contribution in [3.63, 3.8) is 0 Å². The van der Waals surface area contributed by atoms with Crippen molar-refractivity contribution in [3.8, 4) is 6.07 Å². The first-order valence-corrected chi connectivity index (χ1v) is 4.69. The van der Waals surface area contributed by atoms with Gasteiger partial charge in [-0.05, 0) is 25.5 Å². The minimum atomic E-state index is 0.0278. The predicted octanol–water partition coefficient (Wildman–Crippen LogP) is 1.92. The van der Waals surface area contributed by atoms with Crippen molar-refractivity contribution in [1.29, 1.82) is 5.26 Å². The second-order valence-corrected chi connectivity index (χ2v) is 3.94. The fourth-order valence-corrected chi connectivity index (χ4v) is 1.81. The summed E-state index contributed by atoms with van der Waals surface area (Å²) in [5.41, 5.74) is 0. The molecule has 0 saturated carbocycles. The van der Waals surface area contributed by atoms with Gasteiger partial charge in [0.15, 0.2) is 0 Å². The van der Waals surface area contributed by atoms with Crippen LogP contribution in [0.3, 0.4) is 0 Å². The van der Waals surface area contributed by atoms with Gasteiger partial charge in [0.2, 0.25) is 0 Å². The Morgan fingerprint density at radius 3 is 2.83 bits per heavy atom. The predicted molar refractivity (Wildman–Crippen MR) is 51.2 cm³/mol. The Labute approximate surface area is 77.0 Å². The first-order chi connectivity index (χ1) is 5.74. The lowest BCUT2D eigenvalue weighted by atomic mass is 10.1. The van der Waals surface area contributed by atoms with Crippen molar-refractivity contribution in [2.24, 2.45) is 0 Å². The van der Waals surface area contributed by atoms with E-state index in [0.29, 0.717) is 0 Å². The third-order valence-electron chi connectivity index (χ3n) is 1.59. The molecule has 0 bridgehead atoms. The lowest BCUT2D eigenvalue weighted by Gasteiger charge is -2.12. The average molecular weight is 180 g/mol. The van der Waals surface area contributed by atoms with E-state index < -0.39 is 0 Å². The van der Waals surface area contributed by atoms with E-state index in [1.165, 1.54) is 0 Å². The van der Waals surface area contributed by atoms with Gasteiger partial charge < -0.3 is 4.90 Å². The van der Waals surface area contributed by atoms with Gasteiger partial charge in [-0.15, -0.1) is 11.3 Å². The van der Waals surface area contributed by atoms with Gasteiger partial charge in [0.1, 0.15) is 0 Å². The Morgan fingerprint density at radius 1 is 1.67 bits per heavy atom. The molecule has 0 N–H and O–H groups in total. The monoisotopic (exact) mass is 180 g/mol. The van der Waals surface area contributed by atoms with Crippen LogP contribution in [-0.4, -0.2) is 25.5 Å². The topological polar surface area (TPSA) is 27.0 Å². The van der Waals surface area contributed by atoms with E-state index in [0.717, 1.165) is 11.4 Å². The second-order valence-electron chi connectivity index (χ2n) is 2.96. The molecule has 0 radical (unpaired) electrons. The molecule has 0 aliphatic rings. The van der Waals surface area contributed by atoms with Crippen molar-refractivity contribution < 1.29 is 0 Å². The molecule has 1 rings (SSSR count). The summed E-state index contributed by atoms with van der Waals surface area (Å²) in [5, 5.41) is 10.9. The number of rotatable bonds is 3. The van der Waals surface area contributed by atoms with Crippen LogP contribution in [0.15, 0.2) is 17.5 Å². The molecule has 0 fully saturated rings. The van der Waals surface area contributed by atoms with Crippen LogP contribution in [-0.2, 0) is 0 Å². The largest absolute Gasteiger partial charge is 0.308 e. The van der Waals surface area contributed by atoms with Gasteiger partial charge in [0.05, 0.1) is 12.0 Å². The van der Waals surface area contributed by atoms with E-state index in [1.807, 2.05) is 36.5 Å². The summed E-state index contributed by atoms with van der Waals surface area (Å²) in [6.45, 7) is 0.803. The highest BCUT2D eigenvalue weighted by Gasteiger charge is 2.11. The molecule has 0 aromatic carbocycles. The van der Waals surface area contributed by atoms with Crippen molar-refractivity contribution >= 4 is 11.3 Å². The zero-order valence-corrected chi connectivity index (χ0v) is 8.14. The fourth-order valence-electron chi connectivity index (χ4n) is 1.05. The van der Waals surface area contributed by atoms with Crippen LogP contribution in [0.5, 0.6) is 0 Å². The number of thiophene rings is 1. The first kappa shape index (κ1) is 9.24. The maximum absolute atomic E-state index is 8.88. The van der Waals surface area contributed by atoms with Crippen LogP contribution in [0.4, 0.5) is 0 Å². The van der Waals surface area contributed by atoms with E-state index in [9.17, 15) is 0 Å². The number of nitriles is 1. The minimum Gasteiger partial charge on any atom is -0.308 e. The molecule has 1 heterocycles. The summed E-state index contributed by atoms with van der Waals surface area (Å²) < 4.78 is 0. The molecular formula is C9H12N2S. The summed E-state index contributed by atoms with van der Waals surface area (Å²) in [5.74, 6) is 0.0278. The van der Waals surface area contributed by atoms with Gasteiger partial charge in [-0.1, -0.05) is 6.07 Å². The number of nitrogens with zero attached hydrogens (tertiary/aromatic N) is 2. The molecule has 12 heavy (non-hydrogen) atoms. The van der Waals surface area contributed by atoms with Gasteiger partial charge in [-0.3, -0.25) is 0 Å². The molecule has 0 aliphatic carbocycles. The van der Waals surface area contributed by atoms with Gasteiger partial charge in [0, 0.05) is 11.4 Å². The molecule has 0 saturated heterocycles. The Morgan fingerprint density at radius 2 is 2.42 bits per heavy atom. The van der Waals surface area contributed by atoms with Gasteiger partial charge in [-0.2, -0.15) is 5.26 Å². The van der Waals surface area contributed by atoms with Crippen LogP contribution in [0.1, 0.15) is 10.8 Å². The molecule has 1 aromatic heterocycles. The van der Waals surface area contributed by atoms with E-state index in [4.69, 9.17) is 5.26 Å². The second kappa shape index (κ2) is 4.24. The highest BCUT2D eigenvalue weighted by atomic mass is 32.1. The Kier molecular flexibility index (Phi) is 3.27. The molecule has 1 aromatic rings. The lowest BCUT2D eigenvalue weighted by molar-refractivity contribution is 0.400. The molecule has 64 valence electrons. The average Bonchev–Trinajstić information content (AvgIpc) is 2.51. The number of hydrogen-bond acceptors (Lipinski definition) is 3. The third-order valence-corrected chi connectivity index (χ3v) is 2.58. The summed E-state index contributed by atoms with van der Waals surface area (Å²) in [7, 11) is 3.97. The Hall–Kier alpha value is -0.850. The molecule has 1 atom stereocenters. The smallest absolute Gasteiger partial charge is 0.0932 e. The van der Waals surface area contributed by atoms with Crippen molar-refractivity contribution in [3.05, 3.63) is 22.4 Å². The normalized spacial score (nSPS) is 12.8. The standard InChI is InChI=1S/C9H12N2S/c1-11(2)7-8(6-10)9-4-3-5-12-9/h3-5,8H,7H2,1-2H3. The Balaban J connectivity index is 2.65. The third kappa shape index (κ3) is 2.33. The van der Waals surface area contributed by atoms with E-state index in [2.05, 4.69) is 6.07 Å². The molecule has 0 aliphatic heterocycles. The summed E-state index contributed by atoms with van der Waals surface area (Å²) in [6, 6.07) is 6.31. The van der Waals surface area contributed by atoms with Crippen molar-refractivity contribution in [1.82, 2.24) is 4.90 Å². The van der Waals surface area contributed by atoms with E-state index in [1.54, 1.807) is 11.3 Å². The highest BCUT2D eigenvalue weighted by molar-refractivity contribution is 7.10. The Bertz CT molecular complexity index is 259. The maximum atomic E-state index is 8.88.